The Bertz CT molecular complexity index is 760. The molecule has 0 bridgehead atoms. The highest BCUT2D eigenvalue weighted by molar-refractivity contribution is 9.08. The number of anilines is 2. The molecule has 0 saturated heterocycles. The number of halogens is 1. The molecule has 0 aliphatic carbocycles. The minimum absolute atomic E-state index is 0.787. The van der Waals surface area contributed by atoms with Gasteiger partial charge in [0, 0.05) is 29.6 Å². The van der Waals surface area contributed by atoms with Crippen LogP contribution in [0.5, 0.6) is 0 Å². The third-order valence-corrected chi connectivity index (χ3v) is 4.79. The number of nitrogens with zero attached hydrogens (tertiary/aromatic N) is 3. The molecule has 0 amide bonds. The molecule has 0 spiro atoms. The number of benzene rings is 1. The zero-order valence-electron chi connectivity index (χ0n) is 11.7. The van der Waals surface area contributed by atoms with Gasteiger partial charge in [0.1, 0.15) is 0 Å². The highest BCUT2D eigenvalue weighted by Crippen LogP contribution is 2.32. The lowest BCUT2D eigenvalue weighted by molar-refractivity contribution is 1.08. The Morgan fingerprint density at radius 1 is 1.35 bits per heavy atom. The Morgan fingerprint density at radius 2 is 2.15 bits per heavy atom. The molecule has 1 aromatic carbocycles. The van der Waals surface area contributed by atoms with Crippen LogP contribution in [0.4, 0.5) is 11.5 Å². The molecule has 104 valence electrons. The molecule has 0 unspecified atom stereocenters. The number of hydrogen-bond donors (Lipinski definition) is 0. The predicted octanol–water partition coefficient (Wildman–Crippen LogP) is 4.68. The summed E-state index contributed by atoms with van der Waals surface area (Å²) >= 11 is 5.24. The van der Waals surface area contributed by atoms with Gasteiger partial charge in [-0.15, -0.1) is 11.3 Å². The molecule has 20 heavy (non-hydrogen) atoms. The Balaban J connectivity index is 2.11. The molecular weight excluding hydrogens is 334 g/mol. The van der Waals surface area contributed by atoms with E-state index >= 15 is 0 Å². The Morgan fingerprint density at radius 3 is 2.85 bits per heavy atom. The van der Waals surface area contributed by atoms with E-state index in [0.29, 0.717) is 0 Å². The summed E-state index contributed by atoms with van der Waals surface area (Å²) in [5.74, 6) is 1.01. The summed E-state index contributed by atoms with van der Waals surface area (Å²) in [6.07, 6.45) is 2.07. The number of alkyl halides is 1. The summed E-state index contributed by atoms with van der Waals surface area (Å²) in [6.45, 7) is 4.26. The molecule has 0 atom stereocenters. The fourth-order valence-electron chi connectivity index (χ4n) is 2.51. The lowest BCUT2D eigenvalue weighted by Crippen LogP contribution is -2.13. The van der Waals surface area contributed by atoms with Gasteiger partial charge in [-0.25, -0.2) is 4.98 Å². The van der Waals surface area contributed by atoms with Crippen molar-refractivity contribution in [3.05, 3.63) is 46.6 Å². The van der Waals surface area contributed by atoms with Crippen LogP contribution in [-0.2, 0) is 5.33 Å². The molecular formula is C15H16BrN3S. The van der Waals surface area contributed by atoms with E-state index in [2.05, 4.69) is 75.9 Å². The molecule has 0 N–H and O–H groups in total. The molecule has 3 nitrogen and oxygen atoms in total. The number of aryl methyl sites for hydroxylation is 2. The second-order valence-corrected chi connectivity index (χ2v) is 6.35. The maximum absolute atomic E-state index is 4.76. The zero-order valence-corrected chi connectivity index (χ0v) is 14.1. The molecule has 0 saturated carbocycles. The first-order valence-electron chi connectivity index (χ1n) is 6.43. The van der Waals surface area contributed by atoms with Crippen molar-refractivity contribution in [2.45, 2.75) is 19.2 Å². The first-order valence-corrected chi connectivity index (χ1v) is 8.43. The molecule has 2 heterocycles. The number of thiazole rings is 1. The minimum Gasteiger partial charge on any atom is -0.328 e. The molecule has 2 aromatic heterocycles. The van der Waals surface area contributed by atoms with Gasteiger partial charge in [-0.3, -0.25) is 4.40 Å². The molecule has 0 aliphatic rings. The van der Waals surface area contributed by atoms with Crippen molar-refractivity contribution in [3.63, 3.8) is 0 Å². The van der Waals surface area contributed by atoms with E-state index in [-0.39, 0.29) is 0 Å². The van der Waals surface area contributed by atoms with Gasteiger partial charge < -0.3 is 4.90 Å². The lowest BCUT2D eigenvalue weighted by Gasteiger charge is -2.20. The maximum Gasteiger partial charge on any atom is 0.195 e. The third-order valence-electron chi connectivity index (χ3n) is 3.50. The highest BCUT2D eigenvalue weighted by Gasteiger charge is 2.17. The van der Waals surface area contributed by atoms with Gasteiger partial charge in [-0.2, -0.15) is 0 Å². The van der Waals surface area contributed by atoms with Gasteiger partial charge in [-0.05, 0) is 25.5 Å². The SMILES string of the molecule is Cc1ccc(N(C)c2nc3sccn3c2CBr)c(C)c1. The Hall–Kier alpha value is -1.33. The smallest absolute Gasteiger partial charge is 0.195 e. The standard InChI is InChI=1S/C15H16BrN3S/c1-10-4-5-12(11(2)8-10)18(3)14-13(9-16)19-6-7-20-15(19)17-14/h4-8H,9H2,1-3H3. The molecule has 3 rings (SSSR count). The second-order valence-electron chi connectivity index (χ2n) is 4.92. The fraction of sp³-hybridized carbons (Fsp3) is 0.267. The van der Waals surface area contributed by atoms with Gasteiger partial charge in [0.25, 0.3) is 0 Å². The lowest BCUT2D eigenvalue weighted by atomic mass is 10.1. The Labute approximate surface area is 131 Å². The summed E-state index contributed by atoms with van der Waals surface area (Å²) in [5.41, 5.74) is 4.93. The van der Waals surface area contributed by atoms with Crippen LogP contribution in [-0.4, -0.2) is 16.4 Å². The quantitative estimate of drug-likeness (QED) is 0.640. The monoisotopic (exact) mass is 349 g/mol. The first kappa shape index (κ1) is 13.6. The largest absolute Gasteiger partial charge is 0.328 e. The minimum atomic E-state index is 0.787. The normalized spacial score (nSPS) is 11.2. The van der Waals surface area contributed by atoms with E-state index < -0.39 is 0 Å². The van der Waals surface area contributed by atoms with Crippen LogP contribution in [0.25, 0.3) is 4.96 Å². The van der Waals surface area contributed by atoms with Crippen LogP contribution in [0.1, 0.15) is 16.8 Å². The third kappa shape index (κ3) is 2.15. The van der Waals surface area contributed by atoms with E-state index in [1.54, 1.807) is 11.3 Å². The summed E-state index contributed by atoms with van der Waals surface area (Å²) in [4.78, 5) is 7.97. The van der Waals surface area contributed by atoms with Gasteiger partial charge in [0.15, 0.2) is 10.8 Å². The Kier molecular flexibility index (Phi) is 3.56. The van der Waals surface area contributed by atoms with Crippen molar-refractivity contribution in [1.29, 1.82) is 0 Å². The van der Waals surface area contributed by atoms with Crippen LogP contribution >= 0.6 is 27.3 Å². The fourth-order valence-corrected chi connectivity index (χ4v) is 3.76. The van der Waals surface area contributed by atoms with Crippen LogP contribution in [0.3, 0.4) is 0 Å². The highest BCUT2D eigenvalue weighted by atomic mass is 79.9. The van der Waals surface area contributed by atoms with Crippen molar-refractivity contribution in [2.75, 3.05) is 11.9 Å². The predicted molar refractivity (Wildman–Crippen MR) is 89.7 cm³/mol. The average molecular weight is 350 g/mol. The number of hydrogen-bond acceptors (Lipinski definition) is 3. The van der Waals surface area contributed by atoms with Crippen LogP contribution in [0, 0.1) is 13.8 Å². The van der Waals surface area contributed by atoms with Gasteiger partial charge in [0.2, 0.25) is 0 Å². The van der Waals surface area contributed by atoms with Crippen LogP contribution in [0.2, 0.25) is 0 Å². The van der Waals surface area contributed by atoms with E-state index in [0.717, 1.165) is 16.1 Å². The van der Waals surface area contributed by atoms with Gasteiger partial charge in [-0.1, -0.05) is 33.6 Å². The summed E-state index contributed by atoms with van der Waals surface area (Å²) in [7, 11) is 2.08. The van der Waals surface area contributed by atoms with Crippen molar-refractivity contribution in [1.82, 2.24) is 9.38 Å². The average Bonchev–Trinajstić information content (AvgIpc) is 2.97. The van der Waals surface area contributed by atoms with Gasteiger partial charge in [0.05, 0.1) is 5.69 Å². The molecule has 5 heteroatoms. The molecule has 3 aromatic rings. The summed E-state index contributed by atoms with van der Waals surface area (Å²) in [5, 5.41) is 2.85. The van der Waals surface area contributed by atoms with E-state index in [1.165, 1.54) is 22.5 Å². The van der Waals surface area contributed by atoms with Crippen molar-refractivity contribution >= 4 is 43.7 Å². The van der Waals surface area contributed by atoms with Crippen molar-refractivity contribution < 1.29 is 0 Å². The number of fused-ring (bicyclic) bond motifs is 1. The van der Waals surface area contributed by atoms with Crippen LogP contribution in [0.15, 0.2) is 29.8 Å². The van der Waals surface area contributed by atoms with Crippen molar-refractivity contribution in [3.8, 4) is 0 Å². The maximum atomic E-state index is 4.76. The number of aromatic nitrogens is 2. The molecule has 0 fully saturated rings. The summed E-state index contributed by atoms with van der Waals surface area (Å²) in [6, 6.07) is 6.51. The number of imidazole rings is 1. The molecule has 0 radical (unpaired) electrons. The second kappa shape index (κ2) is 5.22. The van der Waals surface area contributed by atoms with Crippen molar-refractivity contribution in [2.24, 2.45) is 0 Å². The first-order chi connectivity index (χ1) is 9.61. The van der Waals surface area contributed by atoms with E-state index in [1.807, 2.05) is 0 Å². The topological polar surface area (TPSA) is 20.5 Å². The summed E-state index contributed by atoms with van der Waals surface area (Å²) < 4.78 is 2.15. The number of rotatable bonds is 3. The van der Waals surface area contributed by atoms with E-state index in [4.69, 9.17) is 4.98 Å². The molecule has 0 aliphatic heterocycles. The van der Waals surface area contributed by atoms with E-state index in [9.17, 15) is 0 Å². The van der Waals surface area contributed by atoms with Gasteiger partial charge >= 0.3 is 0 Å². The van der Waals surface area contributed by atoms with Crippen LogP contribution < -0.4 is 4.90 Å². The zero-order chi connectivity index (χ0) is 14.3.